The van der Waals surface area contributed by atoms with Crippen LogP contribution in [0.25, 0.3) is 0 Å². The molecule has 0 unspecified atom stereocenters. The summed E-state index contributed by atoms with van der Waals surface area (Å²) in [5.74, 6) is -0.489. The molecule has 0 radical (unpaired) electrons. The van der Waals surface area contributed by atoms with Crippen molar-refractivity contribution < 1.29 is 31.9 Å². The first-order chi connectivity index (χ1) is 19.5. The Labute approximate surface area is 263 Å². The Morgan fingerprint density at radius 1 is 0.884 bits per heavy atom. The Kier molecular flexibility index (Phi) is 14.2. The standard InChI is InChI=1S/C34H60O7SSi/c1-13-14-21-40-30(36)34(9,28-18-15-17-27(24-28)25-33(7,8)29(35)39-10)20-16-19-32(5,6)26-42(37,38)23-22-41-43(11,12)31(2,3)4/h15,17-18,24H,13-14,16,19-23,25-26H2,1-12H3/t34-/m1/s1. The SMILES string of the molecule is CCCCOC(=O)[C@](C)(CCCC(C)(C)CS(=O)(=O)CCO[Si](C)(C)C(C)(C)C)c1cccc(CC(C)(C)C(=O)OC)c1. The highest BCUT2D eigenvalue weighted by atomic mass is 32.2. The van der Waals surface area contributed by atoms with E-state index in [1.54, 1.807) is 0 Å². The van der Waals surface area contributed by atoms with Gasteiger partial charge in [-0.3, -0.25) is 9.59 Å². The fourth-order valence-electron chi connectivity index (χ4n) is 5.02. The molecular formula is C34H60O7SSi. The molecular weight excluding hydrogens is 581 g/mol. The second kappa shape index (κ2) is 15.5. The van der Waals surface area contributed by atoms with Gasteiger partial charge in [-0.25, -0.2) is 8.42 Å². The number of sulfone groups is 1. The number of methoxy groups -OCH3 is 1. The number of rotatable bonds is 18. The lowest BCUT2D eigenvalue weighted by Crippen LogP contribution is -2.42. The molecule has 0 spiro atoms. The Bertz CT molecular complexity index is 1170. The molecule has 0 N–H and O–H groups in total. The molecule has 9 heteroatoms. The van der Waals surface area contributed by atoms with Crippen LogP contribution in [0.1, 0.15) is 106 Å². The highest BCUT2D eigenvalue weighted by Crippen LogP contribution is 2.38. The number of hydrogen-bond donors (Lipinski definition) is 0. The van der Waals surface area contributed by atoms with Crippen molar-refractivity contribution in [2.75, 3.05) is 31.8 Å². The molecule has 0 amide bonds. The van der Waals surface area contributed by atoms with Crippen LogP contribution < -0.4 is 0 Å². The van der Waals surface area contributed by atoms with Gasteiger partial charge in [0.1, 0.15) is 0 Å². The van der Waals surface area contributed by atoms with Gasteiger partial charge >= 0.3 is 11.9 Å². The van der Waals surface area contributed by atoms with Crippen molar-refractivity contribution in [2.45, 2.75) is 124 Å². The minimum atomic E-state index is -3.32. The number of ether oxygens (including phenoxy) is 2. The van der Waals surface area contributed by atoms with Crippen molar-refractivity contribution in [2.24, 2.45) is 10.8 Å². The summed E-state index contributed by atoms with van der Waals surface area (Å²) in [4.78, 5) is 25.8. The van der Waals surface area contributed by atoms with Gasteiger partial charge in [0.2, 0.25) is 0 Å². The third kappa shape index (κ3) is 12.3. The zero-order chi connectivity index (χ0) is 33.3. The molecule has 7 nitrogen and oxygen atoms in total. The second-order valence-electron chi connectivity index (χ2n) is 15.3. The van der Waals surface area contributed by atoms with E-state index in [4.69, 9.17) is 13.9 Å². The molecule has 0 saturated heterocycles. The number of carbonyl (C=O) groups is 2. The molecule has 0 fully saturated rings. The predicted octanol–water partition coefficient (Wildman–Crippen LogP) is 7.66. The van der Waals surface area contributed by atoms with Crippen molar-refractivity contribution >= 4 is 30.1 Å². The van der Waals surface area contributed by atoms with Gasteiger partial charge in [0.25, 0.3) is 0 Å². The maximum absolute atomic E-state index is 13.5. The van der Waals surface area contributed by atoms with Crippen molar-refractivity contribution in [3.8, 4) is 0 Å². The van der Waals surface area contributed by atoms with Gasteiger partial charge in [-0.1, -0.05) is 78.6 Å². The summed E-state index contributed by atoms with van der Waals surface area (Å²) in [7, 11) is -3.95. The van der Waals surface area contributed by atoms with E-state index < -0.39 is 34.4 Å². The first-order valence-corrected chi connectivity index (χ1v) is 20.4. The van der Waals surface area contributed by atoms with E-state index >= 15 is 0 Å². The molecule has 43 heavy (non-hydrogen) atoms. The summed E-state index contributed by atoms with van der Waals surface area (Å²) in [5, 5.41) is 0.0252. The molecule has 0 heterocycles. The topological polar surface area (TPSA) is 96.0 Å². The lowest BCUT2D eigenvalue weighted by molar-refractivity contribution is -0.151. The van der Waals surface area contributed by atoms with Gasteiger partial charge in [0, 0.05) is 6.61 Å². The van der Waals surface area contributed by atoms with Gasteiger partial charge in [0.05, 0.1) is 36.1 Å². The van der Waals surface area contributed by atoms with Crippen LogP contribution in [0.15, 0.2) is 24.3 Å². The van der Waals surface area contributed by atoms with Crippen LogP contribution in [0.3, 0.4) is 0 Å². The van der Waals surface area contributed by atoms with Crippen LogP contribution in [0, 0.1) is 10.8 Å². The third-order valence-electron chi connectivity index (χ3n) is 8.93. The molecule has 0 aromatic heterocycles. The molecule has 1 aromatic carbocycles. The smallest absolute Gasteiger partial charge is 0.316 e. The minimum Gasteiger partial charge on any atom is -0.469 e. The van der Waals surface area contributed by atoms with E-state index in [1.165, 1.54) is 7.11 Å². The van der Waals surface area contributed by atoms with E-state index in [-0.39, 0.29) is 35.1 Å². The van der Waals surface area contributed by atoms with Crippen LogP contribution >= 0.6 is 0 Å². The highest BCUT2D eigenvalue weighted by molar-refractivity contribution is 7.91. The van der Waals surface area contributed by atoms with E-state index in [0.717, 1.165) is 24.0 Å². The highest BCUT2D eigenvalue weighted by Gasteiger charge is 2.39. The first-order valence-electron chi connectivity index (χ1n) is 15.7. The van der Waals surface area contributed by atoms with Crippen molar-refractivity contribution in [3.05, 3.63) is 35.4 Å². The average molecular weight is 641 g/mol. The Hall–Kier alpha value is -1.71. The van der Waals surface area contributed by atoms with Gasteiger partial charge in [-0.15, -0.1) is 0 Å². The lowest BCUT2D eigenvalue weighted by atomic mass is 9.75. The Morgan fingerprint density at radius 3 is 2.07 bits per heavy atom. The van der Waals surface area contributed by atoms with E-state index in [1.807, 2.05) is 58.9 Å². The van der Waals surface area contributed by atoms with E-state index in [9.17, 15) is 18.0 Å². The maximum atomic E-state index is 13.5. The molecule has 0 aliphatic carbocycles. The van der Waals surface area contributed by atoms with Gasteiger partial charge in [-0.05, 0) is 81.1 Å². The molecule has 1 atom stereocenters. The summed E-state index contributed by atoms with van der Waals surface area (Å²) >= 11 is 0. The summed E-state index contributed by atoms with van der Waals surface area (Å²) in [6.07, 6.45) is 3.99. The minimum absolute atomic E-state index is 0.0130. The monoisotopic (exact) mass is 640 g/mol. The number of hydrogen-bond acceptors (Lipinski definition) is 7. The van der Waals surface area contributed by atoms with Crippen molar-refractivity contribution in [1.82, 2.24) is 0 Å². The average Bonchev–Trinajstić information content (AvgIpc) is 2.86. The largest absolute Gasteiger partial charge is 0.469 e. The van der Waals surface area contributed by atoms with Gasteiger partial charge in [0.15, 0.2) is 18.2 Å². The zero-order valence-corrected chi connectivity index (χ0v) is 31.0. The maximum Gasteiger partial charge on any atom is 0.316 e. The van der Waals surface area contributed by atoms with Gasteiger partial charge in [-0.2, -0.15) is 0 Å². The number of benzene rings is 1. The summed E-state index contributed by atoms with van der Waals surface area (Å²) in [6, 6.07) is 7.80. The number of carbonyl (C=O) groups excluding carboxylic acids is 2. The quantitative estimate of drug-likeness (QED) is 0.0923. The van der Waals surface area contributed by atoms with Crippen LogP contribution in [0.4, 0.5) is 0 Å². The molecule has 248 valence electrons. The summed E-state index contributed by atoms with van der Waals surface area (Å²) in [5.41, 5.74) is -0.316. The Morgan fingerprint density at radius 2 is 1.51 bits per heavy atom. The van der Waals surface area contributed by atoms with E-state index in [0.29, 0.717) is 32.3 Å². The van der Waals surface area contributed by atoms with E-state index in [2.05, 4.69) is 40.8 Å². The van der Waals surface area contributed by atoms with Crippen molar-refractivity contribution in [3.63, 3.8) is 0 Å². The summed E-state index contributed by atoms with van der Waals surface area (Å²) in [6.45, 7) is 22.9. The molecule has 1 rings (SSSR count). The van der Waals surface area contributed by atoms with Gasteiger partial charge < -0.3 is 13.9 Å². The second-order valence-corrected chi connectivity index (χ2v) is 22.3. The molecule has 1 aromatic rings. The molecule has 0 aliphatic rings. The summed E-state index contributed by atoms with van der Waals surface area (Å²) < 4.78 is 43.0. The number of esters is 2. The first kappa shape index (κ1) is 39.3. The fourth-order valence-corrected chi connectivity index (χ4v) is 8.03. The predicted molar refractivity (Wildman–Crippen MR) is 179 cm³/mol. The zero-order valence-electron chi connectivity index (χ0n) is 29.1. The normalized spacial score (nSPS) is 14.7. The van der Waals surface area contributed by atoms with Crippen molar-refractivity contribution in [1.29, 1.82) is 0 Å². The Balaban J connectivity index is 3.06. The van der Waals surface area contributed by atoms with Crippen LogP contribution in [-0.2, 0) is 45.2 Å². The van der Waals surface area contributed by atoms with Crippen LogP contribution in [0.5, 0.6) is 0 Å². The van der Waals surface area contributed by atoms with Crippen LogP contribution in [0.2, 0.25) is 18.1 Å². The lowest BCUT2D eigenvalue weighted by Gasteiger charge is -2.36. The number of unbranched alkanes of at least 4 members (excludes halogenated alkanes) is 1. The molecule has 0 saturated carbocycles. The third-order valence-corrected chi connectivity index (χ3v) is 15.5. The molecule has 0 aliphatic heterocycles. The molecule has 0 bridgehead atoms. The fraction of sp³-hybridized carbons (Fsp3) is 0.765. The van der Waals surface area contributed by atoms with Crippen LogP contribution in [-0.4, -0.2) is 60.5 Å².